The van der Waals surface area contributed by atoms with E-state index in [9.17, 15) is 9.59 Å². The average molecular weight is 322 g/mol. The molecule has 0 bridgehead atoms. The molecule has 1 amide bonds. The van der Waals surface area contributed by atoms with Crippen LogP contribution in [0.25, 0.3) is 0 Å². The number of aromatic amines is 1. The Bertz CT molecular complexity index is 602. The first-order chi connectivity index (χ1) is 9.19. The number of hydrogen-bond donors (Lipinski definition) is 2. The number of benzene rings is 1. The van der Waals surface area contributed by atoms with Crippen molar-refractivity contribution in [3.8, 4) is 0 Å². The van der Waals surface area contributed by atoms with Crippen LogP contribution in [0.3, 0.4) is 0 Å². The van der Waals surface area contributed by atoms with Crippen LogP contribution in [0.5, 0.6) is 0 Å². The number of rotatable bonds is 4. The Hall–Kier alpha value is -1.95. The minimum Gasteiger partial charge on any atom is -0.347 e. The molecule has 0 aliphatic carbocycles. The second-order valence-electron chi connectivity index (χ2n) is 3.94. The molecule has 1 heterocycles. The summed E-state index contributed by atoms with van der Waals surface area (Å²) in [4.78, 5) is 22.6. The van der Waals surface area contributed by atoms with Crippen molar-refractivity contribution in [2.75, 3.05) is 0 Å². The van der Waals surface area contributed by atoms with Crippen molar-refractivity contribution in [1.29, 1.82) is 0 Å². The van der Waals surface area contributed by atoms with E-state index in [0.717, 1.165) is 10.9 Å². The molecule has 1 aromatic carbocycles. The molecule has 0 aliphatic heterocycles. The lowest BCUT2D eigenvalue weighted by atomic mass is 10.1. The fourth-order valence-electron chi connectivity index (χ4n) is 1.49. The van der Waals surface area contributed by atoms with Gasteiger partial charge in [0.2, 0.25) is 0 Å². The van der Waals surface area contributed by atoms with Crippen LogP contribution in [0.4, 0.5) is 0 Å². The lowest BCUT2D eigenvalue weighted by molar-refractivity contribution is 0.0945. The number of carbonyl (C=O) groups excluding carboxylic acids is 1. The van der Waals surface area contributed by atoms with Gasteiger partial charge in [0, 0.05) is 17.9 Å². The SMILES string of the molecule is O=C(NCc1ccc(CBr)cc1)c1ccc(=O)[nH]n1. The topological polar surface area (TPSA) is 74.8 Å². The molecule has 6 heteroatoms. The third-order valence-electron chi connectivity index (χ3n) is 2.54. The quantitative estimate of drug-likeness (QED) is 0.840. The Labute approximate surface area is 118 Å². The highest BCUT2D eigenvalue weighted by atomic mass is 79.9. The largest absolute Gasteiger partial charge is 0.347 e. The molecular formula is C13H12BrN3O2. The molecule has 0 radical (unpaired) electrons. The van der Waals surface area contributed by atoms with Crippen molar-refractivity contribution < 1.29 is 4.79 Å². The van der Waals surface area contributed by atoms with Gasteiger partial charge >= 0.3 is 0 Å². The predicted molar refractivity (Wildman–Crippen MR) is 75.1 cm³/mol. The fourth-order valence-corrected chi connectivity index (χ4v) is 1.86. The third-order valence-corrected chi connectivity index (χ3v) is 3.19. The monoisotopic (exact) mass is 321 g/mol. The zero-order valence-electron chi connectivity index (χ0n) is 10.0. The summed E-state index contributed by atoms with van der Waals surface area (Å²) in [6, 6.07) is 10.6. The van der Waals surface area contributed by atoms with E-state index in [2.05, 4.69) is 31.4 Å². The summed E-state index contributed by atoms with van der Waals surface area (Å²) < 4.78 is 0. The lowest BCUT2D eigenvalue weighted by Gasteiger charge is -2.05. The van der Waals surface area contributed by atoms with Gasteiger partial charge in [-0.05, 0) is 17.2 Å². The number of carbonyl (C=O) groups is 1. The molecule has 0 spiro atoms. The van der Waals surface area contributed by atoms with Gasteiger partial charge in [0.1, 0.15) is 5.69 Å². The van der Waals surface area contributed by atoms with Crippen LogP contribution in [0.1, 0.15) is 21.6 Å². The van der Waals surface area contributed by atoms with E-state index in [1.54, 1.807) is 0 Å². The van der Waals surface area contributed by atoms with E-state index < -0.39 is 0 Å². The lowest BCUT2D eigenvalue weighted by Crippen LogP contribution is -2.25. The van der Waals surface area contributed by atoms with E-state index in [-0.39, 0.29) is 17.2 Å². The van der Waals surface area contributed by atoms with Gasteiger partial charge in [0.15, 0.2) is 0 Å². The van der Waals surface area contributed by atoms with Gasteiger partial charge in [-0.15, -0.1) is 0 Å². The van der Waals surface area contributed by atoms with E-state index >= 15 is 0 Å². The molecule has 2 aromatic rings. The second-order valence-corrected chi connectivity index (χ2v) is 4.50. The summed E-state index contributed by atoms with van der Waals surface area (Å²) in [6.07, 6.45) is 0. The number of H-pyrrole nitrogens is 1. The van der Waals surface area contributed by atoms with Crippen LogP contribution in [-0.2, 0) is 11.9 Å². The number of amides is 1. The van der Waals surface area contributed by atoms with Crippen molar-refractivity contribution >= 4 is 21.8 Å². The van der Waals surface area contributed by atoms with E-state index in [1.807, 2.05) is 24.3 Å². The van der Waals surface area contributed by atoms with Gasteiger partial charge in [-0.1, -0.05) is 40.2 Å². The van der Waals surface area contributed by atoms with E-state index in [1.165, 1.54) is 17.7 Å². The van der Waals surface area contributed by atoms with E-state index in [0.29, 0.717) is 6.54 Å². The second kappa shape index (κ2) is 6.29. The van der Waals surface area contributed by atoms with Crippen molar-refractivity contribution in [2.45, 2.75) is 11.9 Å². The zero-order valence-corrected chi connectivity index (χ0v) is 11.6. The number of nitrogens with zero attached hydrogens (tertiary/aromatic N) is 1. The predicted octanol–water partition coefficient (Wildman–Crippen LogP) is 1.59. The maximum absolute atomic E-state index is 11.7. The molecule has 0 unspecified atom stereocenters. The summed E-state index contributed by atoms with van der Waals surface area (Å²) in [5.41, 5.74) is 2.04. The molecule has 0 aliphatic rings. The first-order valence-corrected chi connectivity index (χ1v) is 6.79. The first-order valence-electron chi connectivity index (χ1n) is 5.67. The number of hydrogen-bond acceptors (Lipinski definition) is 3. The smallest absolute Gasteiger partial charge is 0.271 e. The van der Waals surface area contributed by atoms with Crippen molar-refractivity contribution in [3.05, 3.63) is 63.6 Å². The summed E-state index contributed by atoms with van der Waals surface area (Å²) >= 11 is 3.37. The van der Waals surface area contributed by atoms with Crippen molar-refractivity contribution in [3.63, 3.8) is 0 Å². The highest BCUT2D eigenvalue weighted by Crippen LogP contribution is 2.07. The minimum atomic E-state index is -0.332. The molecule has 0 saturated heterocycles. The highest BCUT2D eigenvalue weighted by Gasteiger charge is 2.06. The third kappa shape index (κ3) is 3.75. The average Bonchev–Trinajstić information content (AvgIpc) is 2.46. The number of aromatic nitrogens is 2. The van der Waals surface area contributed by atoms with Gasteiger partial charge < -0.3 is 5.32 Å². The standard InChI is InChI=1S/C13H12BrN3O2/c14-7-9-1-3-10(4-2-9)8-15-13(19)11-5-6-12(18)17-16-11/h1-6H,7-8H2,(H,15,19)(H,17,18). The van der Waals surface area contributed by atoms with Crippen LogP contribution < -0.4 is 10.9 Å². The van der Waals surface area contributed by atoms with Gasteiger partial charge in [-0.3, -0.25) is 9.59 Å². The molecule has 2 rings (SSSR count). The van der Waals surface area contributed by atoms with Crippen LogP contribution in [0.2, 0.25) is 0 Å². The van der Waals surface area contributed by atoms with Gasteiger partial charge in [-0.2, -0.15) is 5.10 Å². The van der Waals surface area contributed by atoms with Crippen LogP contribution in [-0.4, -0.2) is 16.1 Å². The number of halogens is 1. The van der Waals surface area contributed by atoms with Crippen LogP contribution >= 0.6 is 15.9 Å². The molecule has 0 atom stereocenters. The summed E-state index contributed by atoms with van der Waals surface area (Å²) in [5.74, 6) is -0.319. The molecule has 98 valence electrons. The molecule has 5 nitrogen and oxygen atoms in total. The van der Waals surface area contributed by atoms with Crippen molar-refractivity contribution in [1.82, 2.24) is 15.5 Å². The fraction of sp³-hybridized carbons (Fsp3) is 0.154. The summed E-state index contributed by atoms with van der Waals surface area (Å²) in [7, 11) is 0. The Balaban J connectivity index is 1.96. The molecule has 1 aromatic heterocycles. The Morgan fingerprint density at radius 1 is 1.16 bits per heavy atom. The maximum atomic E-state index is 11.7. The number of alkyl halides is 1. The summed E-state index contributed by atoms with van der Waals surface area (Å²) in [5, 5.41) is 9.43. The van der Waals surface area contributed by atoms with Crippen molar-refractivity contribution in [2.24, 2.45) is 0 Å². The molecule has 0 saturated carbocycles. The van der Waals surface area contributed by atoms with Gasteiger partial charge in [-0.25, -0.2) is 5.10 Å². The Morgan fingerprint density at radius 2 is 1.84 bits per heavy atom. The first kappa shape index (κ1) is 13.5. The molecular weight excluding hydrogens is 310 g/mol. The normalized spacial score (nSPS) is 10.2. The van der Waals surface area contributed by atoms with E-state index in [4.69, 9.17) is 0 Å². The zero-order chi connectivity index (χ0) is 13.7. The minimum absolute atomic E-state index is 0.191. The Kier molecular flexibility index (Phi) is 4.46. The molecule has 0 fully saturated rings. The van der Waals surface area contributed by atoms with Gasteiger partial charge in [0.25, 0.3) is 11.5 Å². The number of nitrogens with one attached hydrogen (secondary N) is 2. The van der Waals surface area contributed by atoms with Gasteiger partial charge in [0.05, 0.1) is 0 Å². The van der Waals surface area contributed by atoms with Crippen LogP contribution in [0, 0.1) is 0 Å². The maximum Gasteiger partial charge on any atom is 0.271 e. The van der Waals surface area contributed by atoms with Crippen LogP contribution in [0.15, 0.2) is 41.2 Å². The molecule has 19 heavy (non-hydrogen) atoms. The summed E-state index contributed by atoms with van der Waals surface area (Å²) in [6.45, 7) is 0.419. The Morgan fingerprint density at radius 3 is 2.42 bits per heavy atom. The highest BCUT2D eigenvalue weighted by molar-refractivity contribution is 9.08. The molecule has 2 N–H and O–H groups in total.